The van der Waals surface area contributed by atoms with Crippen LogP contribution in [0.25, 0.3) is 0 Å². The van der Waals surface area contributed by atoms with Crippen LogP contribution in [0.1, 0.15) is 28.8 Å². The van der Waals surface area contributed by atoms with Gasteiger partial charge in [-0.15, -0.1) is 0 Å². The Labute approximate surface area is 108 Å². The van der Waals surface area contributed by atoms with Crippen molar-refractivity contribution in [2.75, 3.05) is 6.54 Å². The zero-order chi connectivity index (χ0) is 14.0. The van der Waals surface area contributed by atoms with Crippen LogP contribution in [0.4, 0.5) is 13.2 Å². The van der Waals surface area contributed by atoms with Gasteiger partial charge in [0.2, 0.25) is 0 Å². The third kappa shape index (κ3) is 3.47. The fourth-order valence-electron chi connectivity index (χ4n) is 2.02. The summed E-state index contributed by atoms with van der Waals surface area (Å²) in [5, 5.41) is 11.7. The number of hydrogen-bond donors (Lipinski definition) is 2. The molecule has 19 heavy (non-hydrogen) atoms. The van der Waals surface area contributed by atoms with E-state index in [1.54, 1.807) is 0 Å². The van der Waals surface area contributed by atoms with Gasteiger partial charge in [0.15, 0.2) is 0 Å². The first-order valence-electron chi connectivity index (χ1n) is 6.00. The molecule has 2 N–H and O–H groups in total. The highest BCUT2D eigenvalue weighted by Crippen LogP contribution is 2.29. The lowest BCUT2D eigenvalue weighted by Crippen LogP contribution is -2.38. The number of hydrogen-bond acceptors (Lipinski definition) is 2. The molecule has 0 atom stereocenters. The molecule has 1 aromatic rings. The molecule has 0 heterocycles. The summed E-state index contributed by atoms with van der Waals surface area (Å²) in [7, 11) is 0. The number of aliphatic hydroxyl groups excluding tert-OH is 1. The molecule has 1 aliphatic carbocycles. The van der Waals surface area contributed by atoms with Crippen molar-refractivity contribution in [1.29, 1.82) is 0 Å². The fraction of sp³-hybridized carbons (Fsp3) is 0.462. The Morgan fingerprint density at radius 2 is 1.84 bits per heavy atom. The highest BCUT2D eigenvalue weighted by Gasteiger charge is 2.30. The lowest BCUT2D eigenvalue weighted by molar-refractivity contribution is -0.137. The van der Waals surface area contributed by atoms with Crippen LogP contribution in [0.3, 0.4) is 0 Å². The molecule has 0 saturated heterocycles. The predicted molar refractivity (Wildman–Crippen MR) is 62.5 cm³/mol. The Hall–Kier alpha value is -1.56. The largest absolute Gasteiger partial charge is 0.416 e. The monoisotopic (exact) mass is 273 g/mol. The third-order valence-electron chi connectivity index (χ3n) is 3.24. The second kappa shape index (κ2) is 5.21. The van der Waals surface area contributed by atoms with Crippen molar-refractivity contribution in [2.45, 2.75) is 25.1 Å². The number of nitrogens with one attached hydrogen (secondary N) is 1. The van der Waals surface area contributed by atoms with E-state index in [9.17, 15) is 18.0 Å². The summed E-state index contributed by atoms with van der Waals surface area (Å²) in [4.78, 5) is 11.7. The van der Waals surface area contributed by atoms with Gasteiger partial charge in [0.25, 0.3) is 5.91 Å². The summed E-state index contributed by atoms with van der Waals surface area (Å²) in [6.07, 6.45) is -3.36. The van der Waals surface area contributed by atoms with Crippen LogP contribution in [-0.2, 0) is 6.18 Å². The van der Waals surface area contributed by atoms with Gasteiger partial charge in [0, 0.05) is 12.1 Å². The Morgan fingerprint density at radius 3 is 2.32 bits per heavy atom. The van der Waals surface area contributed by atoms with E-state index >= 15 is 0 Å². The topological polar surface area (TPSA) is 49.3 Å². The van der Waals surface area contributed by atoms with Gasteiger partial charge in [-0.3, -0.25) is 4.79 Å². The maximum absolute atomic E-state index is 12.3. The van der Waals surface area contributed by atoms with Gasteiger partial charge >= 0.3 is 6.18 Å². The molecule has 1 fully saturated rings. The van der Waals surface area contributed by atoms with E-state index in [4.69, 9.17) is 5.11 Å². The smallest absolute Gasteiger partial charge is 0.393 e. The first-order valence-corrected chi connectivity index (χ1v) is 6.00. The molecule has 0 bridgehead atoms. The van der Waals surface area contributed by atoms with Crippen LogP contribution < -0.4 is 5.32 Å². The van der Waals surface area contributed by atoms with Crippen LogP contribution in [0.5, 0.6) is 0 Å². The molecule has 1 saturated carbocycles. The summed E-state index contributed by atoms with van der Waals surface area (Å²) in [5.74, 6) is -0.136. The lowest BCUT2D eigenvalue weighted by Gasteiger charge is -2.31. The minimum Gasteiger partial charge on any atom is -0.393 e. The van der Waals surface area contributed by atoms with Crippen molar-refractivity contribution in [3.05, 3.63) is 35.4 Å². The molecule has 0 aromatic heterocycles. The normalized spacial score (nSPS) is 22.7. The van der Waals surface area contributed by atoms with E-state index in [2.05, 4.69) is 5.32 Å². The molecule has 1 aliphatic rings. The van der Waals surface area contributed by atoms with Crippen molar-refractivity contribution < 1.29 is 23.1 Å². The lowest BCUT2D eigenvalue weighted by atomic mass is 9.82. The van der Waals surface area contributed by atoms with E-state index in [-0.39, 0.29) is 17.6 Å². The summed E-state index contributed by atoms with van der Waals surface area (Å²) in [6, 6.07) is 4.10. The van der Waals surface area contributed by atoms with Crippen LogP contribution >= 0.6 is 0 Å². The van der Waals surface area contributed by atoms with Crippen LogP contribution in [0.15, 0.2) is 24.3 Å². The average molecular weight is 273 g/mol. The van der Waals surface area contributed by atoms with Gasteiger partial charge in [0.1, 0.15) is 0 Å². The van der Waals surface area contributed by atoms with Crippen LogP contribution in [0, 0.1) is 5.92 Å². The quantitative estimate of drug-likeness (QED) is 0.887. The van der Waals surface area contributed by atoms with Crippen molar-refractivity contribution in [3.63, 3.8) is 0 Å². The minimum atomic E-state index is -4.39. The number of rotatable bonds is 3. The molecule has 1 aromatic carbocycles. The Bertz CT molecular complexity index is 450. The number of halogens is 3. The number of benzene rings is 1. The van der Waals surface area contributed by atoms with Gasteiger partial charge in [-0.1, -0.05) is 0 Å². The van der Waals surface area contributed by atoms with Crippen LogP contribution in [0.2, 0.25) is 0 Å². The summed E-state index contributed by atoms with van der Waals surface area (Å²) in [5.41, 5.74) is -0.570. The minimum absolute atomic E-state index is 0.202. The first kappa shape index (κ1) is 13.9. The van der Waals surface area contributed by atoms with E-state index in [1.165, 1.54) is 0 Å². The summed E-state index contributed by atoms with van der Waals surface area (Å²) in [6.45, 7) is 0.441. The van der Waals surface area contributed by atoms with E-state index in [0.717, 1.165) is 24.3 Å². The zero-order valence-corrected chi connectivity index (χ0v) is 10.1. The van der Waals surface area contributed by atoms with Crippen molar-refractivity contribution in [2.24, 2.45) is 5.92 Å². The molecule has 1 amide bonds. The maximum atomic E-state index is 12.3. The van der Waals surface area contributed by atoms with Crippen LogP contribution in [-0.4, -0.2) is 23.7 Å². The van der Waals surface area contributed by atoms with Crippen molar-refractivity contribution in [3.8, 4) is 0 Å². The molecular weight excluding hydrogens is 259 g/mol. The molecule has 0 radical (unpaired) electrons. The number of carbonyl (C=O) groups is 1. The standard InChI is InChI=1S/C13H14F3NO2/c14-13(15,16)10-3-1-9(2-4-10)12(19)17-7-8-5-11(18)6-8/h1-4,8,11,18H,5-7H2,(H,17,19). The van der Waals surface area contributed by atoms with E-state index in [1.807, 2.05) is 0 Å². The molecule has 3 nitrogen and oxygen atoms in total. The van der Waals surface area contributed by atoms with Crippen molar-refractivity contribution in [1.82, 2.24) is 5.32 Å². The van der Waals surface area contributed by atoms with Gasteiger partial charge in [-0.25, -0.2) is 0 Å². The Morgan fingerprint density at radius 1 is 1.26 bits per heavy atom. The molecule has 2 rings (SSSR count). The highest BCUT2D eigenvalue weighted by molar-refractivity contribution is 5.94. The molecule has 0 aliphatic heterocycles. The van der Waals surface area contributed by atoms with E-state index < -0.39 is 17.6 Å². The molecule has 6 heteroatoms. The average Bonchev–Trinajstić information content (AvgIpc) is 2.32. The van der Waals surface area contributed by atoms with Gasteiger partial charge in [0.05, 0.1) is 11.7 Å². The highest BCUT2D eigenvalue weighted by atomic mass is 19.4. The number of aliphatic hydroxyl groups is 1. The molecule has 0 spiro atoms. The Kier molecular flexibility index (Phi) is 3.80. The predicted octanol–water partition coefficient (Wildman–Crippen LogP) is 2.21. The van der Waals surface area contributed by atoms with Gasteiger partial charge in [-0.2, -0.15) is 13.2 Å². The first-order chi connectivity index (χ1) is 8.86. The second-order valence-electron chi connectivity index (χ2n) is 4.78. The second-order valence-corrected chi connectivity index (χ2v) is 4.78. The number of alkyl halides is 3. The third-order valence-corrected chi connectivity index (χ3v) is 3.24. The van der Waals surface area contributed by atoms with E-state index in [0.29, 0.717) is 19.4 Å². The van der Waals surface area contributed by atoms with Gasteiger partial charge in [-0.05, 0) is 43.0 Å². The molecular formula is C13H14F3NO2. The van der Waals surface area contributed by atoms with Gasteiger partial charge < -0.3 is 10.4 Å². The summed E-state index contributed by atoms with van der Waals surface area (Å²) >= 11 is 0. The molecule has 0 unspecified atom stereocenters. The van der Waals surface area contributed by atoms with Crippen molar-refractivity contribution >= 4 is 5.91 Å². The maximum Gasteiger partial charge on any atom is 0.416 e. The number of carbonyl (C=O) groups excluding carboxylic acids is 1. The zero-order valence-electron chi connectivity index (χ0n) is 10.1. The fourth-order valence-corrected chi connectivity index (χ4v) is 2.02. The Balaban J connectivity index is 1.89. The SMILES string of the molecule is O=C(NCC1CC(O)C1)c1ccc(C(F)(F)F)cc1. The molecule has 104 valence electrons. The summed E-state index contributed by atoms with van der Waals surface area (Å²) < 4.78 is 37.0. The number of amides is 1.